The molecular formula is C17H20F3N3O4. The Morgan fingerprint density at radius 1 is 1.19 bits per heavy atom. The van der Waals surface area contributed by atoms with Crippen molar-refractivity contribution in [1.29, 1.82) is 0 Å². The average Bonchev–Trinajstić information content (AvgIpc) is 3.37. The smallest absolute Gasteiger partial charge is 0.478 e. The number of carbonyl (C=O) groups is 2. The number of ether oxygens (including phenoxy) is 1. The Bertz CT molecular complexity index is 741. The Hall–Kier alpha value is -2.33. The van der Waals surface area contributed by atoms with Gasteiger partial charge in [-0.15, -0.1) is 13.2 Å². The Labute approximate surface area is 153 Å². The Balaban J connectivity index is 1.82. The van der Waals surface area contributed by atoms with E-state index in [1.54, 1.807) is 0 Å². The third-order valence-electron chi connectivity index (χ3n) is 4.96. The van der Waals surface area contributed by atoms with Crippen LogP contribution in [0.15, 0.2) is 18.2 Å². The third kappa shape index (κ3) is 4.33. The van der Waals surface area contributed by atoms with Crippen molar-refractivity contribution in [1.82, 2.24) is 9.80 Å². The van der Waals surface area contributed by atoms with Crippen molar-refractivity contribution in [3.8, 4) is 5.75 Å². The highest BCUT2D eigenvalue weighted by atomic mass is 19.4. The highest BCUT2D eigenvalue weighted by Crippen LogP contribution is 2.44. The molecule has 0 bridgehead atoms. The Kier molecular flexibility index (Phi) is 5.04. The second-order valence-corrected chi connectivity index (χ2v) is 6.84. The van der Waals surface area contributed by atoms with Crippen LogP contribution in [0.1, 0.15) is 23.2 Å². The van der Waals surface area contributed by atoms with E-state index >= 15 is 0 Å². The van der Waals surface area contributed by atoms with Gasteiger partial charge < -0.3 is 20.1 Å². The van der Waals surface area contributed by atoms with Crippen LogP contribution in [0.5, 0.6) is 5.75 Å². The minimum atomic E-state index is -4.96. The number of amides is 1. The molecule has 148 valence electrons. The summed E-state index contributed by atoms with van der Waals surface area (Å²) in [5, 5.41) is 11.5. The number of likely N-dealkylation sites (N-methyl/N-ethyl adjacent to an activating group) is 1. The molecule has 0 aromatic heterocycles. The number of benzene rings is 1. The van der Waals surface area contributed by atoms with E-state index in [9.17, 15) is 22.8 Å². The lowest BCUT2D eigenvalue weighted by Crippen LogP contribution is -2.54. The highest BCUT2D eigenvalue weighted by Gasteiger charge is 2.55. The van der Waals surface area contributed by atoms with Crippen molar-refractivity contribution in [3.63, 3.8) is 0 Å². The van der Waals surface area contributed by atoms with Gasteiger partial charge in [-0.1, -0.05) is 0 Å². The van der Waals surface area contributed by atoms with Gasteiger partial charge in [-0.05, 0) is 38.1 Å². The summed E-state index contributed by atoms with van der Waals surface area (Å²) in [7, 11) is 1.98. The monoisotopic (exact) mass is 387 g/mol. The molecule has 0 radical (unpaired) electrons. The second kappa shape index (κ2) is 7.01. The minimum Gasteiger partial charge on any atom is -0.478 e. The molecule has 2 fully saturated rings. The van der Waals surface area contributed by atoms with E-state index in [2.05, 4.69) is 15.0 Å². The third-order valence-corrected chi connectivity index (χ3v) is 4.96. The topological polar surface area (TPSA) is 82.1 Å². The predicted molar refractivity (Wildman–Crippen MR) is 89.7 cm³/mol. The van der Waals surface area contributed by atoms with Crippen LogP contribution in [0.3, 0.4) is 0 Å². The lowest BCUT2D eigenvalue weighted by Gasteiger charge is -2.37. The lowest BCUT2D eigenvalue weighted by molar-refractivity contribution is -0.274. The lowest BCUT2D eigenvalue weighted by atomic mass is 10.1. The molecule has 0 atom stereocenters. The molecule has 0 spiro atoms. The number of carboxylic acids is 1. The van der Waals surface area contributed by atoms with Crippen molar-refractivity contribution in [2.45, 2.75) is 24.7 Å². The largest absolute Gasteiger partial charge is 0.573 e. The van der Waals surface area contributed by atoms with Gasteiger partial charge in [0.25, 0.3) is 0 Å². The normalized spacial score (nSPS) is 20.1. The number of aromatic carboxylic acids is 1. The van der Waals surface area contributed by atoms with Crippen LogP contribution in [0.2, 0.25) is 0 Å². The van der Waals surface area contributed by atoms with Gasteiger partial charge in [0.1, 0.15) is 5.54 Å². The van der Waals surface area contributed by atoms with Gasteiger partial charge in [0, 0.05) is 26.2 Å². The molecule has 1 aromatic carbocycles. The first-order valence-electron chi connectivity index (χ1n) is 8.49. The predicted octanol–water partition coefficient (Wildman–Crippen LogP) is 2.00. The fourth-order valence-corrected chi connectivity index (χ4v) is 3.25. The molecule has 10 heteroatoms. The number of nitrogens with zero attached hydrogens (tertiary/aromatic N) is 2. The van der Waals surface area contributed by atoms with Gasteiger partial charge in [0.15, 0.2) is 5.75 Å². The molecule has 2 N–H and O–H groups in total. The Morgan fingerprint density at radius 2 is 1.81 bits per heavy atom. The first-order valence-corrected chi connectivity index (χ1v) is 8.49. The van der Waals surface area contributed by atoms with Crippen LogP contribution >= 0.6 is 0 Å². The second-order valence-electron chi connectivity index (χ2n) is 6.84. The summed E-state index contributed by atoms with van der Waals surface area (Å²) < 4.78 is 41.8. The number of halogens is 3. The first-order chi connectivity index (χ1) is 12.6. The number of anilines is 1. The maximum atomic E-state index is 12.8. The van der Waals surface area contributed by atoms with Crippen molar-refractivity contribution in [3.05, 3.63) is 23.8 Å². The van der Waals surface area contributed by atoms with E-state index in [0.717, 1.165) is 31.3 Å². The quantitative estimate of drug-likeness (QED) is 0.804. The van der Waals surface area contributed by atoms with E-state index in [1.807, 2.05) is 11.9 Å². The zero-order valence-corrected chi connectivity index (χ0v) is 14.7. The zero-order chi connectivity index (χ0) is 19.8. The van der Waals surface area contributed by atoms with Gasteiger partial charge in [-0.2, -0.15) is 0 Å². The molecule has 1 saturated heterocycles. The van der Waals surface area contributed by atoms with E-state index in [0.29, 0.717) is 25.9 Å². The van der Waals surface area contributed by atoms with Gasteiger partial charge in [-0.25, -0.2) is 4.79 Å². The fourth-order valence-electron chi connectivity index (χ4n) is 3.25. The number of piperazine rings is 1. The SMILES string of the molecule is CN1CCN(C2(C(=O)Nc3cc(C(=O)O)ccc3OC(F)(F)F)CC2)CC1. The zero-order valence-electron chi connectivity index (χ0n) is 14.7. The first kappa shape index (κ1) is 19.4. The van der Waals surface area contributed by atoms with Crippen LogP contribution in [0, 0.1) is 0 Å². The molecule has 1 aliphatic heterocycles. The Morgan fingerprint density at radius 3 is 2.33 bits per heavy atom. The summed E-state index contributed by atoms with van der Waals surface area (Å²) in [6.07, 6.45) is -3.74. The molecule has 1 saturated carbocycles. The van der Waals surface area contributed by atoms with Crippen LogP contribution in [0.25, 0.3) is 0 Å². The minimum absolute atomic E-state index is 0.246. The average molecular weight is 387 g/mol. The van der Waals surface area contributed by atoms with Crippen LogP contribution in [-0.4, -0.2) is 71.9 Å². The maximum absolute atomic E-state index is 12.8. The van der Waals surface area contributed by atoms with Crippen LogP contribution < -0.4 is 10.1 Å². The van der Waals surface area contributed by atoms with Gasteiger partial charge in [0.05, 0.1) is 11.3 Å². The molecule has 3 rings (SSSR count). The van der Waals surface area contributed by atoms with Gasteiger partial charge >= 0.3 is 12.3 Å². The van der Waals surface area contributed by atoms with Crippen molar-refractivity contribution in [2.24, 2.45) is 0 Å². The van der Waals surface area contributed by atoms with Crippen molar-refractivity contribution in [2.75, 3.05) is 38.5 Å². The van der Waals surface area contributed by atoms with Gasteiger partial charge in [0.2, 0.25) is 5.91 Å². The summed E-state index contributed by atoms with van der Waals surface area (Å²) in [6.45, 7) is 2.97. The highest BCUT2D eigenvalue weighted by molar-refractivity contribution is 6.02. The van der Waals surface area contributed by atoms with E-state index in [1.165, 1.54) is 0 Å². The molecule has 1 heterocycles. The summed E-state index contributed by atoms with van der Waals surface area (Å²) in [5.74, 6) is -2.40. The number of rotatable bonds is 5. The van der Waals surface area contributed by atoms with Crippen molar-refractivity contribution < 1.29 is 32.6 Å². The fraction of sp³-hybridized carbons (Fsp3) is 0.529. The summed E-state index contributed by atoms with van der Waals surface area (Å²) >= 11 is 0. The molecule has 1 aliphatic carbocycles. The van der Waals surface area contributed by atoms with Gasteiger partial charge in [-0.3, -0.25) is 9.69 Å². The van der Waals surface area contributed by atoms with E-state index in [4.69, 9.17) is 5.11 Å². The number of hydrogen-bond donors (Lipinski definition) is 2. The molecule has 7 nitrogen and oxygen atoms in total. The molecule has 2 aliphatic rings. The summed E-state index contributed by atoms with van der Waals surface area (Å²) in [6, 6.07) is 2.86. The van der Waals surface area contributed by atoms with Crippen molar-refractivity contribution >= 4 is 17.6 Å². The van der Waals surface area contributed by atoms with Crippen LogP contribution in [-0.2, 0) is 4.79 Å². The molecule has 27 heavy (non-hydrogen) atoms. The standard InChI is InChI=1S/C17H20F3N3O4/c1-22-6-8-23(9-7-22)16(4-5-16)15(26)21-12-10-11(14(24)25)2-3-13(12)27-17(18,19)20/h2-3,10H,4-9H2,1H3,(H,21,26)(H,24,25). The number of alkyl halides is 3. The number of carbonyl (C=O) groups excluding carboxylic acids is 1. The molecule has 1 aromatic rings. The number of carboxylic acid groups (broad SMARTS) is 1. The molecule has 1 amide bonds. The molecular weight excluding hydrogens is 367 g/mol. The number of nitrogens with one attached hydrogen (secondary N) is 1. The maximum Gasteiger partial charge on any atom is 0.573 e. The van der Waals surface area contributed by atoms with E-state index < -0.39 is 29.5 Å². The summed E-state index contributed by atoms with van der Waals surface area (Å²) in [4.78, 5) is 28.1. The van der Waals surface area contributed by atoms with Crippen LogP contribution in [0.4, 0.5) is 18.9 Å². The molecule has 0 unspecified atom stereocenters. The summed E-state index contributed by atoms with van der Waals surface area (Å²) in [5.41, 5.74) is -1.31. The number of hydrogen-bond acceptors (Lipinski definition) is 5. The van der Waals surface area contributed by atoms with E-state index in [-0.39, 0.29) is 11.3 Å².